The summed E-state index contributed by atoms with van der Waals surface area (Å²) in [5.74, 6) is 0. The molecule has 2 rings (SSSR count). The second-order valence-electron chi connectivity index (χ2n) is 6.31. The molecule has 0 amide bonds. The van der Waals surface area contributed by atoms with Gasteiger partial charge >= 0.3 is 0 Å². The number of nitrogens with one attached hydrogen (secondary N) is 2. The minimum absolute atomic E-state index is 0.440. The maximum absolute atomic E-state index is 11.0. The molecule has 0 saturated heterocycles. The van der Waals surface area contributed by atoms with Crippen molar-refractivity contribution in [1.29, 1.82) is 0 Å². The second-order valence-corrected chi connectivity index (χ2v) is 7.60. The van der Waals surface area contributed by atoms with Crippen molar-refractivity contribution in [2.45, 2.75) is 45.6 Å². The summed E-state index contributed by atoms with van der Waals surface area (Å²) >= 11 is 0. The number of hydrogen-bond acceptors (Lipinski definition) is 3. The zero-order valence-corrected chi connectivity index (χ0v) is 12.8. The highest BCUT2D eigenvalue weighted by atomic mass is 32.2. The summed E-state index contributed by atoms with van der Waals surface area (Å²) < 4.78 is 24.3. The van der Waals surface area contributed by atoms with Crippen LogP contribution in [0.25, 0.3) is 0 Å². The van der Waals surface area contributed by atoms with Crippen molar-refractivity contribution in [3.8, 4) is 0 Å². The molecular weight excluding hydrogens is 274 g/mol. The van der Waals surface area contributed by atoms with Gasteiger partial charge < -0.3 is 5.32 Å². The van der Waals surface area contributed by atoms with E-state index in [0.717, 1.165) is 18.5 Å². The van der Waals surface area contributed by atoms with Crippen molar-refractivity contribution in [2.24, 2.45) is 10.6 Å². The molecule has 0 unspecified atom stereocenters. The Kier molecular flexibility index (Phi) is 4.25. The molecule has 0 spiro atoms. The molecule has 4 N–H and O–H groups in total. The van der Waals surface area contributed by atoms with Gasteiger partial charge in [0.25, 0.3) is 10.2 Å². The van der Waals surface area contributed by atoms with Gasteiger partial charge in [0.2, 0.25) is 0 Å². The molecular formula is C14H23N3O2S. The van der Waals surface area contributed by atoms with E-state index in [9.17, 15) is 8.42 Å². The van der Waals surface area contributed by atoms with E-state index < -0.39 is 10.2 Å². The average molecular weight is 297 g/mol. The van der Waals surface area contributed by atoms with Crippen LogP contribution in [-0.2, 0) is 10.2 Å². The van der Waals surface area contributed by atoms with E-state index in [-0.39, 0.29) is 0 Å². The Balaban J connectivity index is 1.98. The van der Waals surface area contributed by atoms with Crippen LogP contribution in [0.4, 0.5) is 11.4 Å². The summed E-state index contributed by atoms with van der Waals surface area (Å²) in [6.45, 7) is 4.61. The highest BCUT2D eigenvalue weighted by Gasteiger charge is 2.26. The number of anilines is 2. The van der Waals surface area contributed by atoms with Crippen molar-refractivity contribution < 1.29 is 8.42 Å². The van der Waals surface area contributed by atoms with E-state index in [2.05, 4.69) is 23.9 Å². The number of nitrogens with two attached hydrogens (primary N) is 1. The Morgan fingerprint density at radius 3 is 2.40 bits per heavy atom. The minimum atomic E-state index is -3.72. The van der Waals surface area contributed by atoms with E-state index in [1.165, 1.54) is 12.8 Å². The summed E-state index contributed by atoms with van der Waals surface area (Å²) in [4.78, 5) is 0. The van der Waals surface area contributed by atoms with Crippen LogP contribution < -0.4 is 15.2 Å². The van der Waals surface area contributed by atoms with Crippen LogP contribution in [0.2, 0.25) is 0 Å². The molecule has 0 aromatic heterocycles. The predicted molar refractivity (Wildman–Crippen MR) is 82.8 cm³/mol. The highest BCUT2D eigenvalue weighted by molar-refractivity contribution is 7.90. The zero-order chi connectivity index (χ0) is 14.8. The highest BCUT2D eigenvalue weighted by Crippen LogP contribution is 2.36. The Bertz CT molecular complexity index is 560. The zero-order valence-electron chi connectivity index (χ0n) is 12.0. The number of hydrogen-bond donors (Lipinski definition) is 3. The van der Waals surface area contributed by atoms with Crippen LogP contribution in [0.5, 0.6) is 0 Å². The number of benzene rings is 1. The Morgan fingerprint density at radius 1 is 1.20 bits per heavy atom. The van der Waals surface area contributed by atoms with E-state index in [1.807, 2.05) is 12.1 Å². The Morgan fingerprint density at radius 2 is 1.80 bits per heavy atom. The quantitative estimate of drug-likeness (QED) is 0.799. The first kappa shape index (κ1) is 15.1. The maximum atomic E-state index is 11.0. The van der Waals surface area contributed by atoms with E-state index in [1.54, 1.807) is 12.1 Å². The van der Waals surface area contributed by atoms with E-state index in [4.69, 9.17) is 5.14 Å². The van der Waals surface area contributed by atoms with Crippen LogP contribution in [-0.4, -0.2) is 14.5 Å². The van der Waals surface area contributed by atoms with Crippen molar-refractivity contribution in [1.82, 2.24) is 0 Å². The van der Waals surface area contributed by atoms with Crippen LogP contribution in [0.3, 0.4) is 0 Å². The first-order valence-electron chi connectivity index (χ1n) is 6.91. The van der Waals surface area contributed by atoms with Crippen molar-refractivity contribution in [3.05, 3.63) is 24.3 Å². The molecule has 1 saturated carbocycles. The van der Waals surface area contributed by atoms with Gasteiger partial charge in [-0.15, -0.1) is 0 Å². The third-order valence-electron chi connectivity index (χ3n) is 3.83. The SMILES string of the molecule is CC1(C)CCC(Nc2cccc(NS(N)(=O)=O)c2)CC1. The first-order chi connectivity index (χ1) is 9.23. The fourth-order valence-electron chi connectivity index (χ4n) is 2.62. The lowest BCUT2D eigenvalue weighted by molar-refractivity contribution is 0.232. The maximum Gasteiger partial charge on any atom is 0.296 e. The van der Waals surface area contributed by atoms with Gasteiger partial charge in [-0.1, -0.05) is 19.9 Å². The number of rotatable bonds is 4. The molecule has 1 aromatic rings. The lowest BCUT2D eigenvalue weighted by Crippen LogP contribution is -2.29. The van der Waals surface area contributed by atoms with Gasteiger partial charge in [0.05, 0.1) is 5.69 Å². The molecule has 1 fully saturated rings. The Labute approximate surface area is 121 Å². The summed E-state index contributed by atoms with van der Waals surface area (Å²) in [6, 6.07) is 7.65. The molecule has 0 bridgehead atoms. The van der Waals surface area contributed by atoms with Crippen LogP contribution in [0.1, 0.15) is 39.5 Å². The van der Waals surface area contributed by atoms with Gasteiger partial charge in [-0.2, -0.15) is 8.42 Å². The average Bonchev–Trinajstić information content (AvgIpc) is 2.30. The van der Waals surface area contributed by atoms with E-state index >= 15 is 0 Å². The van der Waals surface area contributed by atoms with Crippen molar-refractivity contribution >= 4 is 21.6 Å². The largest absolute Gasteiger partial charge is 0.382 e. The fourth-order valence-corrected chi connectivity index (χ4v) is 3.07. The third-order valence-corrected chi connectivity index (χ3v) is 4.35. The molecule has 0 heterocycles. The summed E-state index contributed by atoms with van der Waals surface area (Å²) in [5, 5.41) is 8.44. The second kappa shape index (κ2) is 5.61. The van der Waals surface area contributed by atoms with Crippen LogP contribution in [0, 0.1) is 5.41 Å². The van der Waals surface area contributed by atoms with Gasteiger partial charge in [-0.05, 0) is 49.3 Å². The lowest BCUT2D eigenvalue weighted by Gasteiger charge is -2.35. The van der Waals surface area contributed by atoms with Gasteiger partial charge in [-0.3, -0.25) is 4.72 Å². The molecule has 1 aliphatic rings. The van der Waals surface area contributed by atoms with Crippen molar-refractivity contribution in [2.75, 3.05) is 10.0 Å². The molecule has 1 aromatic carbocycles. The standard InChI is InChI=1S/C14H23N3O2S/c1-14(2)8-6-11(7-9-14)16-12-4-3-5-13(10-12)17-20(15,18)19/h3-5,10-11,16-17H,6-9H2,1-2H3,(H2,15,18,19). The van der Waals surface area contributed by atoms with Crippen molar-refractivity contribution in [3.63, 3.8) is 0 Å². The molecule has 5 nitrogen and oxygen atoms in total. The third kappa shape index (κ3) is 4.68. The Hall–Kier alpha value is -1.27. The van der Waals surface area contributed by atoms with Gasteiger partial charge in [0.1, 0.15) is 0 Å². The summed E-state index contributed by atoms with van der Waals surface area (Å²) in [7, 11) is -3.72. The minimum Gasteiger partial charge on any atom is -0.382 e. The fraction of sp³-hybridized carbons (Fsp3) is 0.571. The van der Waals surface area contributed by atoms with Crippen LogP contribution >= 0.6 is 0 Å². The molecule has 0 radical (unpaired) electrons. The molecule has 20 heavy (non-hydrogen) atoms. The predicted octanol–water partition coefficient (Wildman–Crippen LogP) is 2.68. The summed E-state index contributed by atoms with van der Waals surface area (Å²) in [5.41, 5.74) is 1.84. The normalized spacial score (nSPS) is 19.6. The monoisotopic (exact) mass is 297 g/mol. The van der Waals surface area contributed by atoms with Gasteiger partial charge in [0, 0.05) is 11.7 Å². The molecule has 0 atom stereocenters. The molecule has 6 heteroatoms. The topological polar surface area (TPSA) is 84.2 Å². The molecule has 0 aliphatic heterocycles. The van der Waals surface area contributed by atoms with Gasteiger partial charge in [0.15, 0.2) is 0 Å². The first-order valence-corrected chi connectivity index (χ1v) is 8.45. The lowest BCUT2D eigenvalue weighted by atomic mass is 9.75. The summed E-state index contributed by atoms with van der Waals surface area (Å²) in [6.07, 6.45) is 4.69. The van der Waals surface area contributed by atoms with Gasteiger partial charge in [-0.25, -0.2) is 5.14 Å². The molecule has 1 aliphatic carbocycles. The molecule has 112 valence electrons. The van der Waals surface area contributed by atoms with E-state index in [0.29, 0.717) is 17.1 Å². The van der Waals surface area contributed by atoms with Crippen LogP contribution in [0.15, 0.2) is 24.3 Å². The smallest absolute Gasteiger partial charge is 0.296 e.